The number of hydrogen-bond donors (Lipinski definition) is 1. The van der Waals surface area contributed by atoms with Gasteiger partial charge in [0, 0.05) is 17.9 Å². The fourth-order valence-corrected chi connectivity index (χ4v) is 2.87. The third kappa shape index (κ3) is 4.09. The van der Waals surface area contributed by atoms with Gasteiger partial charge in [-0.1, -0.05) is 18.0 Å². The highest BCUT2D eigenvalue weighted by atomic mass is 35.5. The Morgan fingerprint density at radius 1 is 1.43 bits per heavy atom. The van der Waals surface area contributed by atoms with Crippen LogP contribution in [-0.4, -0.2) is 23.1 Å². The van der Waals surface area contributed by atoms with E-state index in [1.807, 2.05) is 0 Å². The molecule has 7 heteroatoms. The highest BCUT2D eigenvalue weighted by Gasteiger charge is 2.42. The van der Waals surface area contributed by atoms with Gasteiger partial charge in [-0.15, -0.1) is 0 Å². The van der Waals surface area contributed by atoms with E-state index in [0.717, 1.165) is 0 Å². The van der Waals surface area contributed by atoms with Crippen LogP contribution in [-0.2, 0) is 0 Å². The van der Waals surface area contributed by atoms with Crippen LogP contribution in [0.5, 0.6) is 0 Å². The molecule has 1 heterocycles. The third-order valence-corrected chi connectivity index (χ3v) is 4.02. The van der Waals surface area contributed by atoms with E-state index in [2.05, 4.69) is 10.3 Å². The smallest absolute Gasteiger partial charge is 0.349 e. The first-order chi connectivity index (χ1) is 9.77. The van der Waals surface area contributed by atoms with Crippen molar-refractivity contribution in [3.63, 3.8) is 0 Å². The molecule has 2 atom stereocenters. The molecule has 2 rings (SSSR count). The van der Waals surface area contributed by atoms with Gasteiger partial charge < -0.3 is 5.32 Å². The van der Waals surface area contributed by atoms with Crippen LogP contribution < -0.4 is 5.32 Å². The molecule has 0 spiro atoms. The van der Waals surface area contributed by atoms with Crippen LogP contribution in [0, 0.1) is 12.8 Å². The maximum Gasteiger partial charge on any atom is 0.391 e. The van der Waals surface area contributed by atoms with Gasteiger partial charge in [-0.25, -0.2) is 0 Å². The van der Waals surface area contributed by atoms with Gasteiger partial charge in [0.2, 0.25) is 0 Å². The molecule has 0 aliphatic heterocycles. The van der Waals surface area contributed by atoms with Crippen LogP contribution in [0.4, 0.5) is 13.2 Å². The molecule has 1 N–H and O–H groups in total. The largest absolute Gasteiger partial charge is 0.391 e. The predicted octanol–water partition coefficient (Wildman–Crippen LogP) is 3.89. The van der Waals surface area contributed by atoms with Gasteiger partial charge in [0.1, 0.15) is 0 Å². The second-order valence-electron chi connectivity index (χ2n) is 5.38. The minimum absolute atomic E-state index is 0.0772. The lowest BCUT2D eigenvalue weighted by molar-refractivity contribution is -0.183. The molecule has 0 radical (unpaired) electrons. The molecule has 0 aromatic carbocycles. The lowest BCUT2D eigenvalue weighted by Crippen LogP contribution is -2.41. The van der Waals surface area contributed by atoms with Crippen molar-refractivity contribution in [3.05, 3.63) is 28.5 Å². The molecular formula is C14H16ClF3N2O. The molecule has 1 aliphatic rings. The Kier molecular flexibility index (Phi) is 4.76. The number of aryl methyl sites for hydroxylation is 1. The molecule has 21 heavy (non-hydrogen) atoms. The summed E-state index contributed by atoms with van der Waals surface area (Å²) in [6, 6.07) is 1.07. The Labute approximate surface area is 125 Å². The molecule has 3 nitrogen and oxygen atoms in total. The normalized spacial score (nSPS) is 22.9. The van der Waals surface area contributed by atoms with Gasteiger partial charge >= 0.3 is 6.18 Å². The monoisotopic (exact) mass is 320 g/mol. The van der Waals surface area contributed by atoms with Gasteiger partial charge in [-0.3, -0.25) is 9.78 Å². The highest BCUT2D eigenvalue weighted by Crippen LogP contribution is 2.37. The number of carbonyl (C=O) groups excluding carboxylic acids is 1. The molecule has 1 amide bonds. The third-order valence-electron chi connectivity index (χ3n) is 3.71. The zero-order chi connectivity index (χ0) is 15.6. The number of nitrogens with zero attached hydrogens (tertiary/aromatic N) is 1. The molecule has 1 aromatic rings. The molecule has 1 aromatic heterocycles. The van der Waals surface area contributed by atoms with Crippen LogP contribution >= 0.6 is 11.6 Å². The molecule has 0 bridgehead atoms. The number of hydrogen-bond acceptors (Lipinski definition) is 2. The summed E-state index contributed by atoms with van der Waals surface area (Å²) in [6.07, 6.45) is -1.80. The number of alkyl halides is 3. The van der Waals surface area contributed by atoms with E-state index >= 15 is 0 Å². The molecule has 1 aliphatic carbocycles. The standard InChI is InChI=1S/C14H16ClF3N2O/c1-8-5-12(15)11(7-19-8)13(21)20-10-4-2-3-9(6-10)14(16,17)18/h5,7,9-10H,2-4,6H2,1H3,(H,20,21). The summed E-state index contributed by atoms with van der Waals surface area (Å²) in [6.45, 7) is 1.74. The zero-order valence-electron chi connectivity index (χ0n) is 11.5. The van der Waals surface area contributed by atoms with Crippen LogP contribution in [0.15, 0.2) is 12.3 Å². The summed E-state index contributed by atoms with van der Waals surface area (Å²) >= 11 is 5.96. The zero-order valence-corrected chi connectivity index (χ0v) is 12.3. The van der Waals surface area contributed by atoms with Crippen molar-refractivity contribution < 1.29 is 18.0 Å². The average Bonchev–Trinajstić information content (AvgIpc) is 2.37. The molecular weight excluding hydrogens is 305 g/mol. The van der Waals surface area contributed by atoms with E-state index in [1.54, 1.807) is 13.0 Å². The van der Waals surface area contributed by atoms with Crippen molar-refractivity contribution in [2.24, 2.45) is 5.92 Å². The van der Waals surface area contributed by atoms with Crippen LogP contribution in [0.3, 0.4) is 0 Å². The Morgan fingerprint density at radius 3 is 2.76 bits per heavy atom. The number of rotatable bonds is 2. The second kappa shape index (κ2) is 6.22. The van der Waals surface area contributed by atoms with Crippen LogP contribution in [0.25, 0.3) is 0 Å². The first kappa shape index (κ1) is 16.1. The maximum atomic E-state index is 12.7. The fraction of sp³-hybridized carbons (Fsp3) is 0.571. The number of carbonyl (C=O) groups is 1. The van der Waals surface area contributed by atoms with Crippen molar-refractivity contribution in [3.8, 4) is 0 Å². The first-order valence-corrected chi connectivity index (χ1v) is 7.15. The SMILES string of the molecule is Cc1cc(Cl)c(C(=O)NC2CCCC(C(F)(F)F)C2)cn1. The Morgan fingerprint density at radius 2 is 2.14 bits per heavy atom. The van der Waals surface area contributed by atoms with E-state index in [0.29, 0.717) is 18.5 Å². The van der Waals surface area contributed by atoms with E-state index < -0.39 is 24.0 Å². The number of halogens is 4. The van der Waals surface area contributed by atoms with Gasteiger partial charge in [0.05, 0.1) is 16.5 Å². The summed E-state index contributed by atoms with van der Waals surface area (Å²) < 4.78 is 38.2. The van der Waals surface area contributed by atoms with E-state index in [9.17, 15) is 18.0 Å². The van der Waals surface area contributed by atoms with Crippen molar-refractivity contribution in [1.82, 2.24) is 10.3 Å². The Balaban J connectivity index is 2.02. The van der Waals surface area contributed by atoms with Gasteiger partial charge in [0.15, 0.2) is 0 Å². The maximum absolute atomic E-state index is 12.7. The van der Waals surface area contributed by atoms with Crippen molar-refractivity contribution >= 4 is 17.5 Å². The molecule has 2 unspecified atom stereocenters. The van der Waals surface area contributed by atoms with E-state index in [-0.39, 0.29) is 23.4 Å². The Bertz CT molecular complexity index is 533. The number of pyridine rings is 1. The van der Waals surface area contributed by atoms with Crippen LogP contribution in [0.2, 0.25) is 5.02 Å². The summed E-state index contributed by atoms with van der Waals surface area (Å²) in [4.78, 5) is 16.1. The lowest BCUT2D eigenvalue weighted by atomic mass is 9.85. The van der Waals surface area contributed by atoms with E-state index in [4.69, 9.17) is 11.6 Å². The van der Waals surface area contributed by atoms with Gasteiger partial charge in [0.25, 0.3) is 5.91 Å². The van der Waals surface area contributed by atoms with Crippen molar-refractivity contribution in [1.29, 1.82) is 0 Å². The minimum Gasteiger partial charge on any atom is -0.349 e. The van der Waals surface area contributed by atoms with Gasteiger partial charge in [-0.2, -0.15) is 13.2 Å². The molecule has 0 saturated heterocycles. The predicted molar refractivity (Wildman–Crippen MR) is 73.3 cm³/mol. The lowest BCUT2D eigenvalue weighted by Gasteiger charge is -2.31. The van der Waals surface area contributed by atoms with Gasteiger partial charge in [-0.05, 0) is 32.3 Å². The number of amides is 1. The number of aromatic nitrogens is 1. The quantitative estimate of drug-likeness (QED) is 0.898. The molecule has 1 saturated carbocycles. The second-order valence-corrected chi connectivity index (χ2v) is 5.79. The van der Waals surface area contributed by atoms with Crippen LogP contribution in [0.1, 0.15) is 41.7 Å². The average molecular weight is 321 g/mol. The summed E-state index contributed by atoms with van der Waals surface area (Å²) in [5, 5.41) is 2.89. The fourth-order valence-electron chi connectivity index (χ4n) is 2.57. The first-order valence-electron chi connectivity index (χ1n) is 6.77. The summed E-state index contributed by atoms with van der Waals surface area (Å²) in [5.41, 5.74) is 0.864. The van der Waals surface area contributed by atoms with Crippen molar-refractivity contribution in [2.45, 2.75) is 44.8 Å². The summed E-state index contributed by atoms with van der Waals surface area (Å²) in [5.74, 6) is -1.82. The summed E-state index contributed by atoms with van der Waals surface area (Å²) in [7, 11) is 0. The molecule has 116 valence electrons. The molecule has 1 fully saturated rings. The minimum atomic E-state index is -4.20. The highest BCUT2D eigenvalue weighted by molar-refractivity contribution is 6.33. The number of nitrogens with one attached hydrogen (secondary N) is 1. The topological polar surface area (TPSA) is 42.0 Å². The van der Waals surface area contributed by atoms with Crippen molar-refractivity contribution in [2.75, 3.05) is 0 Å². The Hall–Kier alpha value is -1.30. The van der Waals surface area contributed by atoms with E-state index in [1.165, 1.54) is 6.20 Å².